The van der Waals surface area contributed by atoms with Crippen LogP contribution in [0.2, 0.25) is 5.02 Å². The van der Waals surface area contributed by atoms with Crippen molar-refractivity contribution in [2.75, 3.05) is 18.4 Å². The normalized spacial score (nSPS) is 15.0. The van der Waals surface area contributed by atoms with Crippen LogP contribution < -0.4 is 5.32 Å². The summed E-state index contributed by atoms with van der Waals surface area (Å²) in [5.41, 5.74) is 2.53. The maximum absolute atomic E-state index is 13.1. The van der Waals surface area contributed by atoms with Crippen LogP contribution in [0.4, 0.5) is 5.13 Å². The molecule has 0 unspecified atom stereocenters. The summed E-state index contributed by atoms with van der Waals surface area (Å²) < 4.78 is 27.7. The van der Waals surface area contributed by atoms with Gasteiger partial charge in [-0.1, -0.05) is 36.2 Å². The van der Waals surface area contributed by atoms with Gasteiger partial charge in [-0.05, 0) is 49.6 Å². The number of benzene rings is 2. The molecule has 0 saturated carbocycles. The molecule has 9 heteroatoms. The van der Waals surface area contributed by atoms with Gasteiger partial charge in [-0.15, -0.1) is 11.3 Å². The minimum Gasteiger partial charge on any atom is -0.298 e. The summed E-state index contributed by atoms with van der Waals surface area (Å²) in [6.45, 7) is 2.79. The fourth-order valence-corrected chi connectivity index (χ4v) is 6.13. The molecule has 0 aliphatic carbocycles. The Bertz CT molecular complexity index is 1200. The predicted molar refractivity (Wildman–Crippen MR) is 124 cm³/mol. The Hall–Kier alpha value is -2.26. The molecule has 1 N–H and O–H groups in total. The smallest absolute Gasteiger partial charge is 0.257 e. The maximum Gasteiger partial charge on any atom is 0.257 e. The molecule has 2 aromatic carbocycles. The molecule has 31 heavy (non-hydrogen) atoms. The van der Waals surface area contributed by atoms with Gasteiger partial charge in [0.15, 0.2) is 5.13 Å². The number of piperidine rings is 1. The highest BCUT2D eigenvalue weighted by Crippen LogP contribution is 2.28. The van der Waals surface area contributed by atoms with E-state index in [0.717, 1.165) is 30.5 Å². The van der Waals surface area contributed by atoms with Crippen LogP contribution in [0.15, 0.2) is 52.7 Å². The van der Waals surface area contributed by atoms with Crippen LogP contribution in [-0.2, 0) is 10.0 Å². The van der Waals surface area contributed by atoms with Crippen molar-refractivity contribution in [1.82, 2.24) is 9.29 Å². The minimum atomic E-state index is -3.63. The number of nitrogens with zero attached hydrogens (tertiary/aromatic N) is 2. The second kappa shape index (κ2) is 9.08. The molecule has 6 nitrogen and oxygen atoms in total. The van der Waals surface area contributed by atoms with Gasteiger partial charge < -0.3 is 0 Å². The van der Waals surface area contributed by atoms with Crippen LogP contribution in [0.5, 0.6) is 0 Å². The first-order valence-corrected chi connectivity index (χ1v) is 12.7. The number of carbonyl (C=O) groups is 1. The Balaban J connectivity index is 1.54. The molecule has 0 radical (unpaired) electrons. The van der Waals surface area contributed by atoms with Crippen LogP contribution in [0.1, 0.15) is 35.2 Å². The number of hydrogen-bond donors (Lipinski definition) is 1. The van der Waals surface area contributed by atoms with Gasteiger partial charge in [-0.2, -0.15) is 4.31 Å². The lowest BCUT2D eigenvalue weighted by Gasteiger charge is -2.26. The molecular formula is C22H22ClN3O3S2. The minimum absolute atomic E-state index is 0.183. The van der Waals surface area contributed by atoms with E-state index in [4.69, 9.17) is 11.6 Å². The molecule has 1 saturated heterocycles. The summed E-state index contributed by atoms with van der Waals surface area (Å²) in [7, 11) is -3.63. The van der Waals surface area contributed by atoms with E-state index in [1.807, 2.05) is 17.5 Å². The number of thiazole rings is 1. The number of amides is 1. The number of aromatic nitrogens is 1. The second-order valence-electron chi connectivity index (χ2n) is 7.44. The molecule has 1 aliphatic heterocycles. The molecule has 0 spiro atoms. The van der Waals surface area contributed by atoms with Crippen molar-refractivity contribution in [3.8, 4) is 11.3 Å². The largest absolute Gasteiger partial charge is 0.298 e. The number of anilines is 1. The molecule has 162 valence electrons. The lowest BCUT2D eigenvalue weighted by molar-refractivity contribution is 0.102. The second-order valence-corrected chi connectivity index (χ2v) is 10.6. The summed E-state index contributed by atoms with van der Waals surface area (Å²) in [6.07, 6.45) is 2.76. The third kappa shape index (κ3) is 4.82. The molecule has 1 aliphatic rings. The molecule has 4 rings (SSSR count). The van der Waals surface area contributed by atoms with E-state index < -0.39 is 15.9 Å². The van der Waals surface area contributed by atoms with Crippen molar-refractivity contribution in [3.63, 3.8) is 0 Å². The van der Waals surface area contributed by atoms with E-state index in [1.165, 1.54) is 21.7 Å². The Labute approximate surface area is 190 Å². The van der Waals surface area contributed by atoms with Gasteiger partial charge in [0.05, 0.1) is 10.6 Å². The molecule has 0 bridgehead atoms. The first kappa shape index (κ1) is 22.0. The molecule has 3 aromatic rings. The zero-order valence-electron chi connectivity index (χ0n) is 17.0. The summed E-state index contributed by atoms with van der Waals surface area (Å²) in [5, 5.41) is 5.70. The average Bonchev–Trinajstić information content (AvgIpc) is 3.23. The number of aryl methyl sites for hydroxylation is 1. The van der Waals surface area contributed by atoms with Crippen molar-refractivity contribution in [2.24, 2.45) is 0 Å². The Kier molecular flexibility index (Phi) is 6.43. The van der Waals surface area contributed by atoms with Gasteiger partial charge in [-0.3, -0.25) is 10.1 Å². The first-order valence-electron chi connectivity index (χ1n) is 9.98. The van der Waals surface area contributed by atoms with Crippen LogP contribution in [0, 0.1) is 6.92 Å². The van der Waals surface area contributed by atoms with Crippen molar-refractivity contribution in [1.29, 1.82) is 0 Å². The lowest BCUT2D eigenvalue weighted by atomic mass is 10.1. The topological polar surface area (TPSA) is 79.4 Å². The fourth-order valence-electron chi connectivity index (χ4n) is 3.52. The Morgan fingerprint density at radius 2 is 1.81 bits per heavy atom. The molecule has 1 aromatic heterocycles. The number of sulfonamides is 1. The van der Waals surface area contributed by atoms with Gasteiger partial charge >= 0.3 is 0 Å². The molecule has 0 atom stereocenters. The van der Waals surface area contributed by atoms with E-state index in [9.17, 15) is 13.2 Å². The van der Waals surface area contributed by atoms with Gasteiger partial charge in [0, 0.05) is 34.6 Å². The third-order valence-electron chi connectivity index (χ3n) is 5.25. The van der Waals surface area contributed by atoms with Crippen LogP contribution in [0.25, 0.3) is 11.3 Å². The summed E-state index contributed by atoms with van der Waals surface area (Å²) in [5.74, 6) is -0.396. The highest BCUT2D eigenvalue weighted by atomic mass is 35.5. The fraction of sp³-hybridized carbons (Fsp3) is 0.273. The number of nitrogens with one attached hydrogen (secondary N) is 1. The van der Waals surface area contributed by atoms with Gasteiger partial charge in [0.1, 0.15) is 0 Å². The quantitative estimate of drug-likeness (QED) is 0.550. The SMILES string of the molecule is Cc1ccc(C(=O)Nc2nc(-c3ccc(Cl)cc3)cs2)cc1S(=O)(=O)N1CCCCC1. The van der Waals surface area contributed by atoms with E-state index >= 15 is 0 Å². The van der Waals surface area contributed by atoms with Crippen molar-refractivity contribution in [3.05, 3.63) is 64.0 Å². The highest BCUT2D eigenvalue weighted by Gasteiger charge is 2.28. The number of carbonyl (C=O) groups excluding carboxylic acids is 1. The van der Waals surface area contributed by atoms with Gasteiger partial charge in [-0.25, -0.2) is 13.4 Å². The predicted octanol–water partition coefficient (Wildman–Crippen LogP) is 5.20. The van der Waals surface area contributed by atoms with E-state index in [1.54, 1.807) is 31.2 Å². The molecular weight excluding hydrogens is 454 g/mol. The van der Waals surface area contributed by atoms with Crippen molar-refractivity contribution in [2.45, 2.75) is 31.1 Å². The summed E-state index contributed by atoms with van der Waals surface area (Å²) in [4.78, 5) is 17.4. The lowest BCUT2D eigenvalue weighted by Crippen LogP contribution is -2.36. The zero-order valence-corrected chi connectivity index (χ0v) is 19.4. The maximum atomic E-state index is 13.1. The number of halogens is 1. The zero-order chi connectivity index (χ0) is 22.0. The van der Waals surface area contributed by atoms with Crippen LogP contribution >= 0.6 is 22.9 Å². The van der Waals surface area contributed by atoms with Gasteiger partial charge in [0.25, 0.3) is 5.91 Å². The van der Waals surface area contributed by atoms with Crippen molar-refractivity contribution < 1.29 is 13.2 Å². The third-order valence-corrected chi connectivity index (χ3v) is 8.30. The van der Waals surface area contributed by atoms with Crippen molar-refractivity contribution >= 4 is 44.0 Å². The Morgan fingerprint density at radius 1 is 1.10 bits per heavy atom. The molecule has 1 amide bonds. The Morgan fingerprint density at radius 3 is 2.52 bits per heavy atom. The monoisotopic (exact) mass is 475 g/mol. The van der Waals surface area contributed by atoms with Crippen LogP contribution in [0.3, 0.4) is 0 Å². The first-order chi connectivity index (χ1) is 14.8. The number of hydrogen-bond acceptors (Lipinski definition) is 5. The molecule has 1 fully saturated rings. The van der Waals surface area contributed by atoms with E-state index in [-0.39, 0.29) is 10.5 Å². The summed E-state index contributed by atoms with van der Waals surface area (Å²) >= 11 is 7.23. The highest BCUT2D eigenvalue weighted by molar-refractivity contribution is 7.89. The average molecular weight is 476 g/mol. The summed E-state index contributed by atoms with van der Waals surface area (Å²) in [6, 6.07) is 12.1. The van der Waals surface area contributed by atoms with Gasteiger partial charge in [0.2, 0.25) is 10.0 Å². The van der Waals surface area contributed by atoms with E-state index in [2.05, 4.69) is 10.3 Å². The van der Waals surface area contributed by atoms with E-state index in [0.29, 0.717) is 28.8 Å². The van der Waals surface area contributed by atoms with Crippen LogP contribution in [-0.4, -0.2) is 36.7 Å². The molecule has 2 heterocycles. The number of rotatable bonds is 5. The standard InChI is InChI=1S/C22H22ClN3O3S2/c1-15-5-6-17(13-20(15)31(28,29)26-11-3-2-4-12-26)21(27)25-22-24-19(14-30-22)16-7-9-18(23)10-8-16/h5-10,13-14H,2-4,11-12H2,1H3,(H,24,25,27).